The summed E-state index contributed by atoms with van der Waals surface area (Å²) in [5, 5.41) is 7.57. The zero-order valence-corrected chi connectivity index (χ0v) is 21.8. The second-order valence-corrected chi connectivity index (χ2v) is 10.1. The van der Waals surface area contributed by atoms with E-state index in [0.29, 0.717) is 18.0 Å². The van der Waals surface area contributed by atoms with Crippen molar-refractivity contribution in [3.05, 3.63) is 77.2 Å². The molecule has 0 unspecified atom stereocenters. The van der Waals surface area contributed by atoms with Gasteiger partial charge in [0.05, 0.1) is 12.6 Å². The molecule has 1 atom stereocenters. The number of nitrogens with zero attached hydrogens (tertiary/aromatic N) is 4. The Labute approximate surface area is 222 Å². The average Bonchev–Trinajstić information content (AvgIpc) is 2.97. The molecule has 2 aliphatic heterocycles. The molecule has 6 rings (SSSR count). The van der Waals surface area contributed by atoms with Crippen LogP contribution in [0, 0.1) is 6.92 Å². The number of piperidine rings is 1. The highest BCUT2D eigenvalue weighted by Crippen LogP contribution is 2.34. The van der Waals surface area contributed by atoms with E-state index in [1.54, 1.807) is 19.6 Å². The number of hydrogen-bond acceptors (Lipinski definition) is 7. The molecule has 1 amide bonds. The van der Waals surface area contributed by atoms with Gasteiger partial charge in [-0.15, -0.1) is 0 Å². The molecule has 38 heavy (non-hydrogen) atoms. The molecule has 2 aliphatic rings. The van der Waals surface area contributed by atoms with Gasteiger partial charge >= 0.3 is 0 Å². The van der Waals surface area contributed by atoms with Gasteiger partial charge in [0.1, 0.15) is 12.1 Å². The Bertz CT molecular complexity index is 1500. The van der Waals surface area contributed by atoms with Gasteiger partial charge in [-0.3, -0.25) is 4.79 Å². The van der Waals surface area contributed by atoms with E-state index < -0.39 is 0 Å². The van der Waals surface area contributed by atoms with Gasteiger partial charge in [-0.2, -0.15) is 0 Å². The van der Waals surface area contributed by atoms with E-state index in [2.05, 4.69) is 56.7 Å². The van der Waals surface area contributed by atoms with Gasteiger partial charge in [-0.05, 0) is 90.9 Å². The first-order valence-corrected chi connectivity index (χ1v) is 13.2. The van der Waals surface area contributed by atoms with E-state index in [1.165, 1.54) is 11.1 Å². The van der Waals surface area contributed by atoms with E-state index in [-0.39, 0.29) is 11.9 Å². The van der Waals surface area contributed by atoms with Gasteiger partial charge in [-0.1, -0.05) is 6.07 Å². The highest BCUT2D eigenvalue weighted by Gasteiger charge is 2.23. The van der Waals surface area contributed by atoms with Crippen LogP contribution in [0.4, 0.5) is 5.82 Å². The fourth-order valence-electron chi connectivity index (χ4n) is 5.57. The fourth-order valence-corrected chi connectivity index (χ4v) is 5.57. The Morgan fingerprint density at radius 1 is 1.08 bits per heavy atom. The second kappa shape index (κ2) is 10.4. The number of hydrogen-bond donors (Lipinski definition) is 2. The van der Waals surface area contributed by atoms with Gasteiger partial charge in [0.15, 0.2) is 0 Å². The molecule has 2 aromatic heterocycles. The maximum Gasteiger partial charge on any atom is 0.251 e. The standard InChI is InChI=1S/C30H32N6O2/c1-19-12-23(21-7-10-32-27(15-21)38-2)14-26-28(19)33-18-34-29(26)36-11-8-20-5-6-22(13-24(20)17-36)30(37)35-25-4-3-9-31-16-25/h5-7,10,12-15,18,25,31H,3-4,8-9,11,16-17H2,1-2H3,(H,35,37)/t25-/m0/s1. The second-order valence-electron chi connectivity index (χ2n) is 10.1. The fraction of sp³-hybridized carbons (Fsp3) is 0.333. The Kier molecular flexibility index (Phi) is 6.64. The predicted octanol–water partition coefficient (Wildman–Crippen LogP) is 4.05. The molecule has 8 heteroatoms. The Hall–Kier alpha value is -4.04. The van der Waals surface area contributed by atoms with Crippen LogP contribution in [0.2, 0.25) is 0 Å². The molecule has 0 bridgehead atoms. The molecule has 0 aliphatic carbocycles. The number of pyridine rings is 1. The van der Waals surface area contributed by atoms with E-state index in [4.69, 9.17) is 9.72 Å². The molecule has 1 saturated heterocycles. The number of nitrogens with one attached hydrogen (secondary N) is 2. The van der Waals surface area contributed by atoms with E-state index in [9.17, 15) is 4.79 Å². The van der Waals surface area contributed by atoms with Crippen molar-refractivity contribution in [1.29, 1.82) is 0 Å². The van der Waals surface area contributed by atoms with Crippen LogP contribution in [0.3, 0.4) is 0 Å². The molecule has 0 spiro atoms. The summed E-state index contributed by atoms with van der Waals surface area (Å²) in [5.41, 5.74) is 7.31. The number of anilines is 1. The van der Waals surface area contributed by atoms with Gasteiger partial charge in [0.25, 0.3) is 5.91 Å². The van der Waals surface area contributed by atoms with Crippen molar-refractivity contribution in [2.45, 2.75) is 38.8 Å². The van der Waals surface area contributed by atoms with Crippen LogP contribution < -0.4 is 20.3 Å². The SMILES string of the molecule is COc1cc(-c2cc(C)c3ncnc(N4CCc5ccc(C(=O)N[C@H]6CCCNC6)cc5C4)c3c2)ccn1. The normalized spacial score (nSPS) is 17.2. The number of fused-ring (bicyclic) bond motifs is 2. The third-order valence-corrected chi connectivity index (χ3v) is 7.60. The zero-order valence-electron chi connectivity index (χ0n) is 21.8. The van der Waals surface area contributed by atoms with Crippen molar-refractivity contribution in [2.24, 2.45) is 0 Å². The molecule has 1 fully saturated rings. The van der Waals surface area contributed by atoms with Crippen LogP contribution in [-0.4, -0.2) is 53.6 Å². The lowest BCUT2D eigenvalue weighted by molar-refractivity contribution is 0.0930. The average molecular weight is 509 g/mol. The first-order valence-electron chi connectivity index (χ1n) is 13.2. The van der Waals surface area contributed by atoms with Gasteiger partial charge in [0, 0.05) is 48.9 Å². The zero-order chi connectivity index (χ0) is 26.1. The maximum atomic E-state index is 13.0. The summed E-state index contributed by atoms with van der Waals surface area (Å²) in [6, 6.07) is 14.5. The molecule has 4 aromatic rings. The Balaban J connectivity index is 1.31. The molecular weight excluding hydrogens is 476 g/mol. The number of carbonyl (C=O) groups is 1. The third-order valence-electron chi connectivity index (χ3n) is 7.60. The van der Waals surface area contributed by atoms with E-state index in [0.717, 1.165) is 72.3 Å². The molecule has 2 N–H and O–H groups in total. The monoisotopic (exact) mass is 508 g/mol. The third kappa shape index (κ3) is 4.79. The number of amides is 1. The van der Waals surface area contributed by atoms with Crippen molar-refractivity contribution < 1.29 is 9.53 Å². The molecule has 8 nitrogen and oxygen atoms in total. The minimum Gasteiger partial charge on any atom is -0.481 e. The minimum atomic E-state index is -0.000782. The summed E-state index contributed by atoms with van der Waals surface area (Å²) < 4.78 is 5.34. The highest BCUT2D eigenvalue weighted by atomic mass is 16.5. The quantitative estimate of drug-likeness (QED) is 0.420. The van der Waals surface area contributed by atoms with Gasteiger partial charge in [0.2, 0.25) is 5.88 Å². The minimum absolute atomic E-state index is 0.000782. The molecule has 0 saturated carbocycles. The summed E-state index contributed by atoms with van der Waals surface area (Å²) in [4.78, 5) is 28.9. The van der Waals surface area contributed by atoms with Crippen molar-refractivity contribution >= 4 is 22.6 Å². The molecular formula is C30H32N6O2. The number of benzene rings is 2. The van der Waals surface area contributed by atoms with Gasteiger partial charge in [-0.25, -0.2) is 15.0 Å². The van der Waals surface area contributed by atoms with Crippen LogP contribution in [-0.2, 0) is 13.0 Å². The van der Waals surface area contributed by atoms with Crippen molar-refractivity contribution in [3.8, 4) is 17.0 Å². The maximum absolute atomic E-state index is 13.0. The van der Waals surface area contributed by atoms with E-state index >= 15 is 0 Å². The summed E-state index contributed by atoms with van der Waals surface area (Å²) in [5.74, 6) is 1.49. The van der Waals surface area contributed by atoms with Crippen LogP contribution in [0.25, 0.3) is 22.0 Å². The van der Waals surface area contributed by atoms with Crippen LogP contribution >= 0.6 is 0 Å². The Morgan fingerprint density at radius 3 is 2.84 bits per heavy atom. The largest absolute Gasteiger partial charge is 0.481 e. The number of methoxy groups -OCH3 is 1. The first kappa shape index (κ1) is 24.3. The first-order chi connectivity index (χ1) is 18.6. The number of aryl methyl sites for hydroxylation is 1. The number of ether oxygens (including phenoxy) is 1. The smallest absolute Gasteiger partial charge is 0.251 e. The summed E-state index contributed by atoms with van der Waals surface area (Å²) >= 11 is 0. The number of rotatable bonds is 5. The molecule has 0 radical (unpaired) electrons. The molecule has 194 valence electrons. The van der Waals surface area contributed by atoms with Crippen LogP contribution in [0.15, 0.2) is 55.0 Å². The van der Waals surface area contributed by atoms with Crippen molar-refractivity contribution in [2.75, 3.05) is 31.6 Å². The number of carbonyl (C=O) groups excluding carboxylic acids is 1. The summed E-state index contributed by atoms with van der Waals surface area (Å²) in [7, 11) is 1.63. The lowest BCUT2D eigenvalue weighted by Gasteiger charge is -2.31. The van der Waals surface area contributed by atoms with Gasteiger partial charge < -0.3 is 20.3 Å². The highest BCUT2D eigenvalue weighted by molar-refractivity contribution is 5.96. The van der Waals surface area contributed by atoms with E-state index in [1.807, 2.05) is 18.2 Å². The van der Waals surface area contributed by atoms with Crippen molar-refractivity contribution in [3.63, 3.8) is 0 Å². The predicted molar refractivity (Wildman–Crippen MR) is 149 cm³/mol. The lowest BCUT2D eigenvalue weighted by Crippen LogP contribution is -2.45. The van der Waals surface area contributed by atoms with Crippen LogP contribution in [0.5, 0.6) is 5.88 Å². The summed E-state index contributed by atoms with van der Waals surface area (Å²) in [6.45, 7) is 5.49. The summed E-state index contributed by atoms with van der Waals surface area (Å²) in [6.07, 6.45) is 6.42. The van der Waals surface area contributed by atoms with Crippen LogP contribution in [0.1, 0.15) is 39.9 Å². The number of aromatic nitrogens is 3. The molecule has 4 heterocycles. The topological polar surface area (TPSA) is 92.3 Å². The lowest BCUT2D eigenvalue weighted by atomic mass is 9.96. The Morgan fingerprint density at radius 2 is 2.00 bits per heavy atom. The van der Waals surface area contributed by atoms with Crippen molar-refractivity contribution in [1.82, 2.24) is 25.6 Å². The molecule has 2 aromatic carbocycles.